The Balaban J connectivity index is 0.000000111. The van der Waals surface area contributed by atoms with Crippen molar-refractivity contribution in [3.63, 3.8) is 0 Å². The Labute approximate surface area is 533 Å². The predicted molar refractivity (Wildman–Crippen MR) is 329 cm³/mol. The van der Waals surface area contributed by atoms with Gasteiger partial charge in [-0.2, -0.15) is 15.3 Å². The van der Waals surface area contributed by atoms with Crippen LogP contribution in [0.25, 0.3) is 0 Å². The molecule has 18 heteroatoms. The van der Waals surface area contributed by atoms with Gasteiger partial charge in [0.15, 0.2) is 17.3 Å². The fourth-order valence-corrected chi connectivity index (χ4v) is 20.4. The highest BCUT2D eigenvalue weighted by atomic mass is 19.3. The fraction of sp³-hybridized carbons (Fsp3) is 0.520. The number of benzene rings is 3. The fourth-order valence-electron chi connectivity index (χ4n) is 20.4. The summed E-state index contributed by atoms with van der Waals surface area (Å²) in [5.74, 6) is -9.33. The first-order chi connectivity index (χ1) is 43.8. The zero-order valence-corrected chi connectivity index (χ0v) is 53.2. The maximum absolute atomic E-state index is 14.0. The number of alkyl halides is 6. The van der Waals surface area contributed by atoms with Crippen molar-refractivity contribution in [3.8, 4) is 0 Å². The monoisotopic (exact) mass is 1280 g/mol. The van der Waals surface area contributed by atoms with Gasteiger partial charge in [-0.25, -0.2) is 39.5 Å². The standard InChI is InChI=1S/3C25H25F3N2O/c3*1-23(2)9-14-8-18-21(22(30-29-18)15-10-24(27,28)11-15)25(20(14)19(31)12-23)6-5-13-7-16(26)3-4-17(13)25/h3*3-4,7,15H,5-6,8-12H2,1-2H3,(H,29,30)/t2*25-;/m10./s1. The molecule has 0 radical (unpaired) electrons. The lowest BCUT2D eigenvalue weighted by Crippen LogP contribution is -2.43. The molecule has 12 aliphatic rings. The number of aromatic amines is 3. The van der Waals surface area contributed by atoms with Gasteiger partial charge in [-0.3, -0.25) is 29.7 Å². The lowest BCUT2D eigenvalue weighted by molar-refractivity contribution is -0.119. The number of fused-ring (bicyclic) bond motifs is 15. The van der Waals surface area contributed by atoms with E-state index < -0.39 is 34.0 Å². The van der Waals surface area contributed by atoms with Crippen LogP contribution in [0.15, 0.2) is 88.0 Å². The van der Waals surface area contributed by atoms with Gasteiger partial charge in [0.25, 0.3) is 0 Å². The van der Waals surface area contributed by atoms with Crippen LogP contribution in [0.1, 0.15) is 240 Å². The quantitative estimate of drug-likeness (QED) is 0.151. The number of halogens is 9. The zero-order valence-electron chi connectivity index (χ0n) is 53.2. The van der Waals surface area contributed by atoms with Crippen LogP contribution in [0.3, 0.4) is 0 Å². The van der Waals surface area contributed by atoms with Gasteiger partial charge in [0.1, 0.15) is 17.5 Å². The maximum Gasteiger partial charge on any atom is 0.249 e. The highest BCUT2D eigenvalue weighted by Gasteiger charge is 2.61. The van der Waals surface area contributed by atoms with Gasteiger partial charge in [0.05, 0.1) is 33.3 Å². The van der Waals surface area contributed by atoms with Gasteiger partial charge in [-0.05, 0) is 144 Å². The van der Waals surface area contributed by atoms with Crippen molar-refractivity contribution < 1.29 is 53.9 Å². The van der Waals surface area contributed by atoms with Crippen molar-refractivity contribution in [3.05, 3.63) is 190 Å². The first kappa shape index (κ1) is 60.8. The van der Waals surface area contributed by atoms with E-state index in [1.165, 1.54) is 18.2 Å². The van der Waals surface area contributed by atoms with Gasteiger partial charge in [0, 0.05) is 145 Å². The first-order valence-corrected chi connectivity index (χ1v) is 33.3. The topological polar surface area (TPSA) is 137 Å². The number of carbonyl (C=O) groups excluding carboxylic acids is 3. The Kier molecular flexibility index (Phi) is 13.1. The van der Waals surface area contributed by atoms with E-state index in [2.05, 4.69) is 72.1 Å². The summed E-state index contributed by atoms with van der Waals surface area (Å²) in [5.41, 5.74) is 16.6. The molecule has 0 amide bonds. The third kappa shape index (κ3) is 9.27. The third-order valence-electron chi connectivity index (χ3n) is 23.5. The molecule has 3 spiro atoms. The third-order valence-corrected chi connectivity index (χ3v) is 23.5. The molecule has 3 atom stereocenters. The second kappa shape index (κ2) is 20.0. The molecule has 9 nitrogen and oxygen atoms in total. The zero-order chi connectivity index (χ0) is 65.3. The SMILES string of the molecule is CC1(C)CC(=O)C2=C(Cc3[nH]nc(C4CC(F)(F)C4)c3C23CCc2cc(F)ccc23)C1.CC1(C)CC(=O)C2=C(Cc3[nH]nc(C4CC(F)(F)C4)c3[C@@]23CCc2cc(F)ccc23)C1.CC1(C)CC(=O)C2=C(Cc3[nH]nc(C4CC(F)(F)C4)c3[C@]23CCc2cc(F)ccc23)C1. The first-order valence-electron chi connectivity index (χ1n) is 33.3. The van der Waals surface area contributed by atoms with Gasteiger partial charge in [-0.1, -0.05) is 76.5 Å². The minimum atomic E-state index is -2.65. The molecule has 0 bridgehead atoms. The summed E-state index contributed by atoms with van der Waals surface area (Å²) < 4.78 is 125. The van der Waals surface area contributed by atoms with Crippen LogP contribution in [0, 0.1) is 33.7 Å². The van der Waals surface area contributed by atoms with Gasteiger partial charge < -0.3 is 0 Å². The number of rotatable bonds is 3. The van der Waals surface area contributed by atoms with Crippen LogP contribution in [0.5, 0.6) is 0 Å². The molecule has 12 aliphatic carbocycles. The van der Waals surface area contributed by atoms with Crippen LogP contribution in [0.2, 0.25) is 0 Å². The molecule has 3 N–H and O–H groups in total. The summed E-state index contributed by atoms with van der Waals surface area (Å²) >= 11 is 0. The van der Waals surface area contributed by atoms with Crippen LogP contribution < -0.4 is 0 Å². The normalized spacial score (nSPS) is 28.4. The predicted octanol–water partition coefficient (Wildman–Crippen LogP) is 16.6. The van der Waals surface area contributed by atoms with Gasteiger partial charge in [-0.15, -0.1) is 0 Å². The van der Waals surface area contributed by atoms with Gasteiger partial charge >= 0.3 is 0 Å². The molecular formula is C75H75F9N6O3. The number of ketones is 3. The molecule has 18 rings (SSSR count). The minimum Gasteiger partial charge on any atom is -0.294 e. The molecule has 3 fully saturated rings. The van der Waals surface area contributed by atoms with Crippen molar-refractivity contribution in [2.75, 3.05) is 0 Å². The highest BCUT2D eigenvalue weighted by Crippen LogP contribution is 2.65. The number of hydrogen-bond donors (Lipinski definition) is 3. The molecule has 3 aromatic heterocycles. The molecule has 3 heterocycles. The highest BCUT2D eigenvalue weighted by molar-refractivity contribution is 6.04. The Morgan fingerprint density at radius 2 is 0.645 bits per heavy atom. The number of carbonyl (C=O) groups is 3. The Morgan fingerprint density at radius 1 is 0.387 bits per heavy atom. The van der Waals surface area contributed by atoms with Crippen molar-refractivity contribution in [1.29, 1.82) is 0 Å². The molecule has 0 saturated heterocycles. The van der Waals surface area contributed by atoms with E-state index in [1.807, 2.05) is 0 Å². The lowest BCUT2D eigenvalue weighted by Gasteiger charge is -2.45. The second-order valence-electron chi connectivity index (χ2n) is 32.2. The molecule has 1 unspecified atom stereocenters. The van der Waals surface area contributed by atoms with Crippen LogP contribution in [-0.4, -0.2) is 65.7 Å². The van der Waals surface area contributed by atoms with E-state index in [9.17, 15) is 53.9 Å². The summed E-state index contributed by atoms with van der Waals surface area (Å²) in [7, 11) is 0. The van der Waals surface area contributed by atoms with E-state index in [1.54, 1.807) is 36.4 Å². The Hall–Kier alpha value is -7.11. The number of aromatic nitrogens is 6. The van der Waals surface area contributed by atoms with Crippen LogP contribution in [0.4, 0.5) is 39.5 Å². The van der Waals surface area contributed by atoms with E-state index in [0.717, 1.165) is 120 Å². The molecule has 3 saturated carbocycles. The largest absolute Gasteiger partial charge is 0.294 e. The summed E-state index contributed by atoms with van der Waals surface area (Å²) in [5, 5.41) is 23.1. The lowest BCUT2D eigenvalue weighted by atomic mass is 9.57. The minimum absolute atomic E-state index is 0.113. The molecule has 0 aliphatic heterocycles. The van der Waals surface area contributed by atoms with E-state index in [-0.39, 0.29) is 107 Å². The average Bonchev–Trinajstić information content (AvgIpc) is 1.62. The molecule has 3 aromatic carbocycles. The van der Waals surface area contributed by atoms with E-state index in [0.29, 0.717) is 94.1 Å². The van der Waals surface area contributed by atoms with Crippen molar-refractivity contribution >= 4 is 17.3 Å². The summed E-state index contributed by atoms with van der Waals surface area (Å²) in [6.45, 7) is 12.7. The summed E-state index contributed by atoms with van der Waals surface area (Å²) in [6.07, 6.45) is 8.38. The number of aryl methyl sites for hydroxylation is 3. The van der Waals surface area contributed by atoms with E-state index >= 15 is 0 Å². The van der Waals surface area contributed by atoms with Gasteiger partial charge in [0.2, 0.25) is 17.8 Å². The maximum atomic E-state index is 14.0. The number of nitrogens with zero attached hydrogens (tertiary/aromatic N) is 3. The van der Waals surface area contributed by atoms with Crippen molar-refractivity contribution in [2.24, 2.45) is 16.2 Å². The van der Waals surface area contributed by atoms with Crippen LogP contribution in [-0.2, 0) is 69.2 Å². The Morgan fingerprint density at radius 3 is 0.892 bits per heavy atom. The molecule has 486 valence electrons. The van der Waals surface area contributed by atoms with E-state index in [4.69, 9.17) is 0 Å². The number of allylic oxidation sites excluding steroid dienone is 6. The molecule has 6 aromatic rings. The average molecular weight is 1280 g/mol. The summed E-state index contributed by atoms with van der Waals surface area (Å²) in [6, 6.07) is 14.5. The number of nitrogens with one attached hydrogen (secondary N) is 3. The number of Topliss-reactive ketones (excluding diaryl/α,β-unsaturated/α-hetero) is 3. The smallest absolute Gasteiger partial charge is 0.249 e. The second-order valence-corrected chi connectivity index (χ2v) is 32.2. The van der Waals surface area contributed by atoms with Crippen LogP contribution >= 0.6 is 0 Å². The molecule has 93 heavy (non-hydrogen) atoms. The number of hydrogen-bond acceptors (Lipinski definition) is 6. The Bertz CT molecular complexity index is 3940. The van der Waals surface area contributed by atoms with Crippen molar-refractivity contribution in [1.82, 2.24) is 30.6 Å². The molecular weight excluding hydrogens is 1200 g/mol. The van der Waals surface area contributed by atoms with Crippen molar-refractivity contribution in [2.45, 2.75) is 228 Å². The number of H-pyrrole nitrogens is 3. The summed E-state index contributed by atoms with van der Waals surface area (Å²) in [4.78, 5) is 40.8.